The molecule has 27 heavy (non-hydrogen) atoms. The molecule has 2 aromatic carbocycles. The fraction of sp³-hybridized carbons (Fsp3) is 0. The summed E-state index contributed by atoms with van der Waals surface area (Å²) < 4.78 is 0. The van der Waals surface area contributed by atoms with Crippen molar-refractivity contribution in [3.63, 3.8) is 0 Å². The van der Waals surface area contributed by atoms with Gasteiger partial charge in [0, 0.05) is 11.8 Å². The average Bonchev–Trinajstić information content (AvgIpc) is 3.42. The first-order valence-electron chi connectivity index (χ1n) is 8.60. The molecule has 0 spiro atoms. The molecule has 0 nitrogen and oxygen atoms in total. The average molecular weight is 425 g/mol. The molecule has 0 bridgehead atoms. The third kappa shape index (κ3) is 5.73. The first-order valence-corrected chi connectivity index (χ1v) is 12.9. The fourth-order valence-corrected chi connectivity index (χ4v) is 3.20. The number of allylic oxidation sites excluding steroid dienone is 2. The van der Waals surface area contributed by atoms with Crippen LogP contribution in [0.2, 0.25) is 0 Å². The Morgan fingerprint density at radius 2 is 0.815 bits per heavy atom. The van der Waals surface area contributed by atoms with Crippen molar-refractivity contribution in [2.24, 2.45) is 0 Å². The van der Waals surface area contributed by atoms with E-state index in [-0.39, 0.29) is 0 Å². The summed E-state index contributed by atoms with van der Waals surface area (Å²) in [6.07, 6.45) is 17.2. The van der Waals surface area contributed by atoms with E-state index in [0.29, 0.717) is 0 Å². The summed E-state index contributed by atoms with van der Waals surface area (Å²) >= 11 is -0.556. The number of halogens is 2. The Morgan fingerprint density at radius 1 is 0.519 bits per heavy atom. The van der Waals surface area contributed by atoms with Crippen LogP contribution in [0, 0.1) is 63.2 Å². The van der Waals surface area contributed by atoms with Gasteiger partial charge >= 0.3 is 35.6 Å². The Labute approximate surface area is 181 Å². The first kappa shape index (κ1) is 21.2. The van der Waals surface area contributed by atoms with Crippen molar-refractivity contribution < 1.29 is 17.0 Å². The number of benzene rings is 2. The van der Waals surface area contributed by atoms with Crippen molar-refractivity contribution in [3.05, 3.63) is 135 Å². The molecule has 0 aliphatic heterocycles. The van der Waals surface area contributed by atoms with Crippen LogP contribution >= 0.6 is 18.6 Å². The molecule has 0 unspecified atom stereocenters. The Hall–Kier alpha value is -0.526. The molecule has 0 N–H and O–H groups in total. The Kier molecular flexibility index (Phi) is 9.00. The maximum absolute atomic E-state index is 4.89. The van der Waals surface area contributed by atoms with Gasteiger partial charge in [-0.1, -0.05) is 60.7 Å². The van der Waals surface area contributed by atoms with Crippen LogP contribution in [-0.2, 0) is 17.0 Å². The van der Waals surface area contributed by atoms with Gasteiger partial charge in [0.1, 0.15) is 0 Å². The minimum absolute atomic E-state index is 0.556. The van der Waals surface area contributed by atoms with Gasteiger partial charge in [0.15, 0.2) is 0 Å². The van der Waals surface area contributed by atoms with Crippen LogP contribution in [0.15, 0.2) is 60.7 Å². The molecule has 0 heterocycles. The van der Waals surface area contributed by atoms with Crippen LogP contribution in [0.25, 0.3) is 11.1 Å². The zero-order valence-corrected chi connectivity index (χ0v) is 17.7. The monoisotopic (exact) mass is 424 g/mol. The van der Waals surface area contributed by atoms with Gasteiger partial charge in [-0.05, 0) is 73.6 Å². The molecule has 3 heteroatoms. The van der Waals surface area contributed by atoms with Crippen LogP contribution in [0.1, 0.15) is 11.1 Å². The third-order valence-corrected chi connectivity index (χ3v) is 4.28. The molecular weight excluding hydrogens is 407 g/mol. The van der Waals surface area contributed by atoms with Gasteiger partial charge in [-0.3, -0.25) is 0 Å². The van der Waals surface area contributed by atoms with Crippen molar-refractivity contribution in [1.29, 1.82) is 0 Å². The molecule has 0 saturated heterocycles. The summed E-state index contributed by atoms with van der Waals surface area (Å²) in [4.78, 5) is 0. The van der Waals surface area contributed by atoms with Crippen molar-refractivity contribution in [2.75, 3.05) is 0 Å². The van der Waals surface area contributed by atoms with E-state index in [1.165, 1.54) is 34.1 Å². The van der Waals surface area contributed by atoms with E-state index >= 15 is 0 Å². The molecular formula is C24H18Cl2Ti. The van der Waals surface area contributed by atoms with E-state index in [9.17, 15) is 0 Å². The molecule has 4 rings (SSSR count). The molecule has 2 aliphatic rings. The predicted molar refractivity (Wildman–Crippen MR) is 112 cm³/mol. The van der Waals surface area contributed by atoms with Crippen molar-refractivity contribution in [1.82, 2.24) is 0 Å². The van der Waals surface area contributed by atoms with Gasteiger partial charge in [-0.2, -0.15) is 0 Å². The van der Waals surface area contributed by atoms with Crippen molar-refractivity contribution in [2.45, 2.75) is 0 Å². The van der Waals surface area contributed by atoms with E-state index in [2.05, 4.69) is 112 Å². The van der Waals surface area contributed by atoms with Gasteiger partial charge in [0.25, 0.3) is 0 Å². The summed E-state index contributed by atoms with van der Waals surface area (Å²) in [5.41, 5.74) is 5.03. The van der Waals surface area contributed by atoms with Crippen LogP contribution in [0.5, 0.6) is 0 Å². The molecule has 2 aromatic rings. The first-order chi connectivity index (χ1) is 13.3. The zero-order valence-electron chi connectivity index (χ0n) is 14.6. The SMILES string of the molecule is [CH]1[CH][CH][C](/C(=C(\[C]2[CH][CH][CH][CH]2)c2ccccc2)c2ccccc2)[CH]1.[Cl][Ti][Cl]. The molecule has 2 fully saturated rings. The summed E-state index contributed by atoms with van der Waals surface area (Å²) in [7, 11) is 9.78. The van der Waals surface area contributed by atoms with Crippen LogP contribution in [0.3, 0.4) is 0 Å². The van der Waals surface area contributed by atoms with Gasteiger partial charge in [0.2, 0.25) is 0 Å². The number of hydrogen-bond acceptors (Lipinski definition) is 0. The molecule has 0 atom stereocenters. The minimum atomic E-state index is -0.556. The number of hydrogen-bond donors (Lipinski definition) is 0. The van der Waals surface area contributed by atoms with Gasteiger partial charge in [-0.25, -0.2) is 0 Å². The van der Waals surface area contributed by atoms with Crippen LogP contribution in [0.4, 0.5) is 0 Å². The van der Waals surface area contributed by atoms with E-state index in [1.54, 1.807) is 0 Å². The Bertz CT molecular complexity index is 638. The van der Waals surface area contributed by atoms with Crippen molar-refractivity contribution in [3.8, 4) is 0 Å². The summed E-state index contributed by atoms with van der Waals surface area (Å²) in [6, 6.07) is 21.3. The van der Waals surface area contributed by atoms with E-state index in [0.717, 1.165) is 0 Å². The van der Waals surface area contributed by atoms with Crippen LogP contribution in [-0.4, -0.2) is 0 Å². The molecule has 2 saturated carbocycles. The maximum atomic E-state index is 4.89. The Balaban J connectivity index is 0.000000659. The number of rotatable bonds is 4. The van der Waals surface area contributed by atoms with E-state index in [1.807, 2.05) is 0 Å². The molecule has 0 amide bonds. The normalized spacial score (nSPS) is 18.6. The summed E-state index contributed by atoms with van der Waals surface area (Å²) in [5.74, 6) is 2.50. The quantitative estimate of drug-likeness (QED) is 0.374. The standard InChI is InChI=1S/C24H18.2ClH.Ti/c1-3-11-19(12-4-1)23(21-15-7-8-16-21)24(22-17-9-10-18-22)20-13-5-2-6-14-20;;;/h1-18H;2*1H;/q;;;+2/p-2/b24-23-;;;. The topological polar surface area (TPSA) is 0 Å². The molecule has 0 aromatic heterocycles. The van der Waals surface area contributed by atoms with E-state index in [4.69, 9.17) is 18.6 Å². The summed E-state index contributed by atoms with van der Waals surface area (Å²) in [6.45, 7) is 0. The Morgan fingerprint density at radius 3 is 1.11 bits per heavy atom. The van der Waals surface area contributed by atoms with Crippen LogP contribution < -0.4 is 0 Å². The second kappa shape index (κ2) is 11.5. The third-order valence-electron chi connectivity index (χ3n) is 4.28. The predicted octanol–water partition coefficient (Wildman–Crippen LogP) is 6.78. The van der Waals surface area contributed by atoms with Crippen molar-refractivity contribution >= 4 is 29.8 Å². The van der Waals surface area contributed by atoms with E-state index < -0.39 is 17.0 Å². The van der Waals surface area contributed by atoms with Gasteiger partial charge in [0.05, 0.1) is 0 Å². The second-order valence-electron chi connectivity index (χ2n) is 5.90. The molecule has 10 radical (unpaired) electrons. The molecule has 2 aliphatic carbocycles. The fourth-order valence-electron chi connectivity index (χ4n) is 3.20. The summed E-state index contributed by atoms with van der Waals surface area (Å²) in [5, 5.41) is 0. The van der Waals surface area contributed by atoms with Gasteiger partial charge < -0.3 is 0 Å². The second-order valence-corrected chi connectivity index (χ2v) is 8.48. The zero-order chi connectivity index (χ0) is 18.9. The van der Waals surface area contributed by atoms with Gasteiger partial charge in [-0.15, -0.1) is 0 Å². The molecule has 132 valence electrons.